The third kappa shape index (κ3) is 3.53. The van der Waals surface area contributed by atoms with Gasteiger partial charge in [0.1, 0.15) is 0 Å². The van der Waals surface area contributed by atoms with E-state index in [1.165, 1.54) is 28.6 Å². The third-order valence-electron chi connectivity index (χ3n) is 4.13. The van der Waals surface area contributed by atoms with Gasteiger partial charge in [-0.15, -0.1) is 0 Å². The largest absolute Gasteiger partial charge is 0.393 e. The first-order valence-electron chi connectivity index (χ1n) is 7.30. The van der Waals surface area contributed by atoms with Gasteiger partial charge in [-0.1, -0.05) is 0 Å². The summed E-state index contributed by atoms with van der Waals surface area (Å²) in [4.78, 5) is 0. The van der Waals surface area contributed by atoms with Gasteiger partial charge in [0.2, 0.25) is 0 Å². The number of aliphatic hydroxyl groups is 1. The number of nitrogens with zero attached hydrogens (tertiary/aromatic N) is 2. The van der Waals surface area contributed by atoms with Gasteiger partial charge in [-0.05, 0) is 18.8 Å². The number of nitrogens with one attached hydrogen (secondary N) is 1. The van der Waals surface area contributed by atoms with Gasteiger partial charge in [0.25, 0.3) is 0 Å². The molecule has 20 heavy (non-hydrogen) atoms. The van der Waals surface area contributed by atoms with Crippen molar-refractivity contribution in [3.05, 3.63) is 18.0 Å². The molecule has 4 nitrogen and oxygen atoms in total. The van der Waals surface area contributed by atoms with Crippen LogP contribution in [0.4, 0.5) is 0 Å². The quantitative estimate of drug-likeness (QED) is 0.885. The molecule has 2 aliphatic rings. The first kappa shape index (κ1) is 14.8. The number of hydrogen-bond donors (Lipinski definition) is 2. The summed E-state index contributed by atoms with van der Waals surface area (Å²) in [6, 6.07) is 0.909. The van der Waals surface area contributed by atoms with Gasteiger partial charge in [-0.3, -0.25) is 4.68 Å². The number of aliphatic hydroxyl groups excluding tert-OH is 1. The van der Waals surface area contributed by atoms with Crippen LogP contribution in [-0.4, -0.2) is 50.0 Å². The zero-order valence-corrected chi connectivity index (χ0v) is 13.5. The van der Waals surface area contributed by atoms with E-state index < -0.39 is 0 Å². The van der Waals surface area contributed by atoms with E-state index in [1.54, 1.807) is 0 Å². The molecule has 0 spiro atoms. The molecule has 1 saturated carbocycles. The molecule has 6 heteroatoms. The SMILES string of the molecule is Cn1cc([C@H](NC2CSCCSC2)C2CC(O)C2)cn1. The highest BCUT2D eigenvalue weighted by Gasteiger charge is 2.36. The maximum absolute atomic E-state index is 9.61. The van der Waals surface area contributed by atoms with Crippen molar-refractivity contribution in [2.75, 3.05) is 23.0 Å². The fourth-order valence-electron chi connectivity index (χ4n) is 2.97. The lowest BCUT2D eigenvalue weighted by molar-refractivity contribution is 0.0228. The molecule has 0 unspecified atom stereocenters. The highest BCUT2D eigenvalue weighted by Crippen LogP contribution is 2.38. The second-order valence-electron chi connectivity index (χ2n) is 5.82. The van der Waals surface area contributed by atoms with E-state index in [-0.39, 0.29) is 6.10 Å². The number of rotatable bonds is 4. The van der Waals surface area contributed by atoms with Crippen molar-refractivity contribution in [1.29, 1.82) is 0 Å². The minimum Gasteiger partial charge on any atom is -0.393 e. The van der Waals surface area contributed by atoms with E-state index in [2.05, 4.69) is 40.1 Å². The average molecular weight is 313 g/mol. The number of thioether (sulfide) groups is 2. The Kier molecular flexibility index (Phi) is 4.96. The van der Waals surface area contributed by atoms with Crippen LogP contribution in [0.5, 0.6) is 0 Å². The summed E-state index contributed by atoms with van der Waals surface area (Å²) in [5, 5.41) is 17.8. The van der Waals surface area contributed by atoms with Gasteiger partial charge in [0, 0.05) is 53.9 Å². The minimum atomic E-state index is -0.0983. The summed E-state index contributed by atoms with van der Waals surface area (Å²) in [7, 11) is 1.97. The predicted molar refractivity (Wildman–Crippen MR) is 86.3 cm³/mol. The van der Waals surface area contributed by atoms with E-state index in [1.807, 2.05) is 17.9 Å². The molecule has 2 N–H and O–H groups in total. The lowest BCUT2D eigenvalue weighted by Gasteiger charge is -2.39. The number of aryl methyl sites for hydroxylation is 1. The van der Waals surface area contributed by atoms with Crippen LogP contribution in [0.1, 0.15) is 24.4 Å². The fraction of sp³-hybridized carbons (Fsp3) is 0.786. The van der Waals surface area contributed by atoms with Crippen molar-refractivity contribution in [3.63, 3.8) is 0 Å². The van der Waals surface area contributed by atoms with Crippen molar-refractivity contribution in [2.24, 2.45) is 13.0 Å². The topological polar surface area (TPSA) is 50.1 Å². The fourth-order valence-corrected chi connectivity index (χ4v) is 5.40. The molecule has 1 aromatic heterocycles. The van der Waals surface area contributed by atoms with Gasteiger partial charge in [0.15, 0.2) is 0 Å². The standard InChI is InChI=1S/C14H23N3OS2/c1-17-7-11(6-15-17)14(10-4-13(18)5-10)16-12-8-19-2-3-20-9-12/h6-7,10,12-14,16,18H,2-5,8-9H2,1H3/t10?,13?,14-/m1/s1. The van der Waals surface area contributed by atoms with Crippen LogP contribution >= 0.6 is 23.5 Å². The Morgan fingerprint density at radius 1 is 1.35 bits per heavy atom. The van der Waals surface area contributed by atoms with Gasteiger partial charge in [-0.25, -0.2) is 0 Å². The normalized spacial score (nSPS) is 29.7. The molecule has 0 aromatic carbocycles. The van der Waals surface area contributed by atoms with E-state index in [0.717, 1.165) is 12.8 Å². The summed E-state index contributed by atoms with van der Waals surface area (Å²) in [6.07, 6.45) is 5.82. The molecule has 112 valence electrons. The zero-order valence-electron chi connectivity index (χ0n) is 11.9. The van der Waals surface area contributed by atoms with Crippen LogP contribution in [0, 0.1) is 5.92 Å². The third-order valence-corrected chi connectivity index (χ3v) is 6.65. The number of aromatic nitrogens is 2. The first-order valence-corrected chi connectivity index (χ1v) is 9.61. The van der Waals surface area contributed by atoms with Gasteiger partial charge >= 0.3 is 0 Å². The Hall–Kier alpha value is -0.170. The van der Waals surface area contributed by atoms with E-state index >= 15 is 0 Å². The molecule has 0 amide bonds. The van der Waals surface area contributed by atoms with Crippen LogP contribution in [0.3, 0.4) is 0 Å². The summed E-state index contributed by atoms with van der Waals surface area (Å²) in [6.45, 7) is 0. The summed E-state index contributed by atoms with van der Waals surface area (Å²) < 4.78 is 1.87. The highest BCUT2D eigenvalue weighted by molar-refractivity contribution is 8.03. The molecule has 1 aromatic rings. The Labute approximate surface area is 129 Å². The Morgan fingerprint density at radius 3 is 2.60 bits per heavy atom. The van der Waals surface area contributed by atoms with Crippen LogP contribution in [0.15, 0.2) is 12.4 Å². The second-order valence-corrected chi connectivity index (χ2v) is 8.12. The van der Waals surface area contributed by atoms with Crippen LogP contribution in [-0.2, 0) is 7.05 Å². The van der Waals surface area contributed by atoms with Crippen LogP contribution in [0.2, 0.25) is 0 Å². The molecule has 1 aliphatic heterocycles. The monoisotopic (exact) mass is 313 g/mol. The molecule has 2 heterocycles. The van der Waals surface area contributed by atoms with Gasteiger partial charge < -0.3 is 10.4 Å². The Morgan fingerprint density at radius 2 is 2.05 bits per heavy atom. The highest BCUT2D eigenvalue weighted by atomic mass is 32.2. The van der Waals surface area contributed by atoms with E-state index in [4.69, 9.17) is 0 Å². The lowest BCUT2D eigenvalue weighted by Crippen LogP contribution is -2.44. The number of hydrogen-bond acceptors (Lipinski definition) is 5. The smallest absolute Gasteiger partial charge is 0.0547 e. The van der Waals surface area contributed by atoms with E-state index in [9.17, 15) is 5.11 Å². The predicted octanol–water partition coefficient (Wildman–Crippen LogP) is 1.67. The molecule has 2 fully saturated rings. The molecule has 1 saturated heterocycles. The van der Waals surface area contributed by atoms with Crippen molar-refractivity contribution in [3.8, 4) is 0 Å². The van der Waals surface area contributed by atoms with Crippen molar-refractivity contribution in [1.82, 2.24) is 15.1 Å². The summed E-state index contributed by atoms with van der Waals surface area (Å²) in [5.41, 5.74) is 1.27. The van der Waals surface area contributed by atoms with Crippen molar-refractivity contribution < 1.29 is 5.11 Å². The lowest BCUT2D eigenvalue weighted by atomic mass is 9.75. The molecular formula is C14H23N3OS2. The summed E-state index contributed by atoms with van der Waals surface area (Å²) >= 11 is 4.10. The summed E-state index contributed by atoms with van der Waals surface area (Å²) in [5.74, 6) is 5.47. The molecule has 0 bridgehead atoms. The van der Waals surface area contributed by atoms with E-state index in [0.29, 0.717) is 18.0 Å². The van der Waals surface area contributed by atoms with Gasteiger partial charge in [-0.2, -0.15) is 28.6 Å². The maximum atomic E-state index is 9.61. The average Bonchev–Trinajstić information content (AvgIpc) is 2.67. The first-order chi connectivity index (χ1) is 9.72. The second kappa shape index (κ2) is 6.73. The van der Waals surface area contributed by atoms with Crippen molar-refractivity contribution in [2.45, 2.75) is 31.0 Å². The van der Waals surface area contributed by atoms with Crippen LogP contribution in [0.25, 0.3) is 0 Å². The van der Waals surface area contributed by atoms with Crippen molar-refractivity contribution >= 4 is 23.5 Å². The molecule has 3 rings (SSSR count). The zero-order chi connectivity index (χ0) is 13.9. The maximum Gasteiger partial charge on any atom is 0.0547 e. The van der Waals surface area contributed by atoms with Crippen LogP contribution < -0.4 is 5.32 Å². The molecule has 1 aliphatic carbocycles. The molecular weight excluding hydrogens is 290 g/mol. The molecule has 0 radical (unpaired) electrons. The minimum absolute atomic E-state index is 0.0983. The Bertz CT molecular complexity index is 426. The Balaban J connectivity index is 1.68. The molecule has 1 atom stereocenters. The van der Waals surface area contributed by atoms with Gasteiger partial charge in [0.05, 0.1) is 12.3 Å².